The van der Waals surface area contributed by atoms with Gasteiger partial charge >= 0.3 is 18.3 Å². The molecule has 0 amide bonds. The van der Waals surface area contributed by atoms with Crippen molar-refractivity contribution in [1.82, 2.24) is 9.55 Å². The third-order valence-corrected chi connectivity index (χ3v) is 5.29. The maximum atomic E-state index is 13.2. The molecule has 0 aliphatic rings. The molecule has 0 saturated carbocycles. The lowest BCUT2D eigenvalue weighted by Crippen LogP contribution is -2.12. The highest BCUT2D eigenvalue weighted by Gasteiger charge is 2.37. The van der Waals surface area contributed by atoms with Crippen LogP contribution in [0.2, 0.25) is 0 Å². The van der Waals surface area contributed by atoms with Gasteiger partial charge in [0.1, 0.15) is 17.3 Å². The molecule has 0 unspecified atom stereocenters. The zero-order valence-electron chi connectivity index (χ0n) is 15.6. The van der Waals surface area contributed by atoms with Crippen LogP contribution in [0.4, 0.5) is 26.3 Å². The van der Waals surface area contributed by atoms with E-state index in [9.17, 15) is 31.1 Å². The Kier molecular flexibility index (Phi) is 6.23. The maximum absolute atomic E-state index is 13.2. The Morgan fingerprint density at radius 2 is 1.75 bits per heavy atom. The Bertz CT molecular complexity index is 1250. The predicted octanol–water partition coefficient (Wildman–Crippen LogP) is 5.72. The molecule has 1 N–H and O–H groups in total. The molecule has 0 aliphatic carbocycles. The quantitative estimate of drug-likeness (QED) is 0.190. The second-order valence-electron chi connectivity index (χ2n) is 6.59. The SMILES string of the molecule is N#C/C(=C\c1cn(Cc2cc(C(F)(F)F)cc(C(F)(F)F)c2)c2nccc(I)c12)C(=O)O. The average molecular weight is 565 g/mol. The first-order chi connectivity index (χ1) is 14.8. The lowest BCUT2D eigenvalue weighted by atomic mass is 10.0. The Morgan fingerprint density at radius 3 is 2.25 bits per heavy atom. The lowest BCUT2D eigenvalue weighted by Gasteiger charge is -2.15. The number of fused-ring (bicyclic) bond motifs is 1. The van der Waals surface area contributed by atoms with Crippen molar-refractivity contribution in [2.75, 3.05) is 0 Å². The summed E-state index contributed by atoms with van der Waals surface area (Å²) in [5.41, 5.74) is -3.32. The number of alkyl halides is 6. The fourth-order valence-corrected chi connectivity index (χ4v) is 3.75. The molecule has 3 rings (SSSR count). The van der Waals surface area contributed by atoms with Crippen LogP contribution in [0.25, 0.3) is 17.1 Å². The Balaban J connectivity index is 2.20. The number of pyridine rings is 1. The minimum Gasteiger partial charge on any atom is -0.477 e. The number of nitrogens with zero attached hydrogens (tertiary/aromatic N) is 3. The van der Waals surface area contributed by atoms with Gasteiger partial charge in [0, 0.05) is 33.5 Å². The van der Waals surface area contributed by atoms with Crippen molar-refractivity contribution >= 4 is 45.7 Å². The second kappa shape index (κ2) is 8.45. The number of nitriles is 1. The lowest BCUT2D eigenvalue weighted by molar-refractivity contribution is -0.143. The van der Waals surface area contributed by atoms with Gasteiger partial charge in [-0.15, -0.1) is 0 Å². The van der Waals surface area contributed by atoms with E-state index in [1.165, 1.54) is 23.0 Å². The highest BCUT2D eigenvalue weighted by Crippen LogP contribution is 2.37. The fourth-order valence-electron chi connectivity index (χ4n) is 3.04. The van der Waals surface area contributed by atoms with Crippen LogP contribution < -0.4 is 0 Å². The van der Waals surface area contributed by atoms with E-state index in [1.54, 1.807) is 6.07 Å². The highest BCUT2D eigenvalue weighted by atomic mass is 127. The highest BCUT2D eigenvalue weighted by molar-refractivity contribution is 14.1. The summed E-state index contributed by atoms with van der Waals surface area (Å²) in [6.45, 7) is -0.403. The summed E-state index contributed by atoms with van der Waals surface area (Å²) in [6, 6.07) is 4.37. The summed E-state index contributed by atoms with van der Waals surface area (Å²) in [7, 11) is 0. The molecule has 0 spiro atoms. The van der Waals surface area contributed by atoms with Crippen molar-refractivity contribution in [1.29, 1.82) is 5.26 Å². The summed E-state index contributed by atoms with van der Waals surface area (Å²) in [5, 5.41) is 18.5. The van der Waals surface area contributed by atoms with E-state index in [4.69, 9.17) is 10.4 Å². The van der Waals surface area contributed by atoms with E-state index in [0.29, 0.717) is 21.1 Å². The zero-order valence-corrected chi connectivity index (χ0v) is 17.7. The first-order valence-corrected chi connectivity index (χ1v) is 9.66. The molecule has 3 aromatic rings. The molecule has 0 fully saturated rings. The maximum Gasteiger partial charge on any atom is 0.416 e. The first kappa shape index (κ1) is 23.6. The minimum absolute atomic E-state index is 0.0404. The first-order valence-electron chi connectivity index (χ1n) is 8.58. The predicted molar refractivity (Wildman–Crippen MR) is 109 cm³/mol. The Labute approximate surface area is 189 Å². The van der Waals surface area contributed by atoms with Crippen LogP contribution in [0.15, 0.2) is 42.2 Å². The molecule has 0 bridgehead atoms. The minimum atomic E-state index is -4.99. The summed E-state index contributed by atoms with van der Waals surface area (Å²) in [5.74, 6) is -1.49. The van der Waals surface area contributed by atoms with Gasteiger partial charge in [0.15, 0.2) is 0 Å². The van der Waals surface area contributed by atoms with Crippen LogP contribution >= 0.6 is 22.6 Å². The summed E-state index contributed by atoms with van der Waals surface area (Å²) >= 11 is 1.93. The molecule has 0 radical (unpaired) electrons. The van der Waals surface area contributed by atoms with Gasteiger partial charge in [-0.05, 0) is 58.5 Å². The number of hydrogen-bond acceptors (Lipinski definition) is 3. The van der Waals surface area contributed by atoms with E-state index in [1.807, 2.05) is 22.6 Å². The monoisotopic (exact) mass is 565 g/mol. The van der Waals surface area contributed by atoms with E-state index < -0.39 is 41.6 Å². The Hall–Kier alpha value is -3.08. The largest absolute Gasteiger partial charge is 0.477 e. The third-order valence-electron chi connectivity index (χ3n) is 4.39. The van der Waals surface area contributed by atoms with Crippen LogP contribution in [0.5, 0.6) is 0 Å². The van der Waals surface area contributed by atoms with Gasteiger partial charge in [0.05, 0.1) is 11.1 Å². The number of hydrogen-bond donors (Lipinski definition) is 1. The van der Waals surface area contributed by atoms with E-state index >= 15 is 0 Å². The van der Waals surface area contributed by atoms with Gasteiger partial charge in [-0.25, -0.2) is 9.78 Å². The van der Waals surface area contributed by atoms with Crippen LogP contribution in [0.3, 0.4) is 0 Å². The molecule has 1 aromatic carbocycles. The zero-order chi connectivity index (χ0) is 23.8. The molecule has 5 nitrogen and oxygen atoms in total. The van der Waals surface area contributed by atoms with E-state index in [2.05, 4.69) is 4.98 Å². The molecular weight excluding hydrogens is 555 g/mol. The summed E-state index contributed by atoms with van der Waals surface area (Å²) < 4.78 is 80.9. The topological polar surface area (TPSA) is 78.9 Å². The van der Waals surface area contributed by atoms with Crippen LogP contribution in [-0.2, 0) is 23.7 Å². The molecular formula is C20H10F6IN3O2. The van der Waals surface area contributed by atoms with Crippen molar-refractivity contribution < 1.29 is 36.2 Å². The van der Waals surface area contributed by atoms with Crippen LogP contribution in [0.1, 0.15) is 22.3 Å². The Morgan fingerprint density at radius 1 is 1.16 bits per heavy atom. The van der Waals surface area contributed by atoms with Gasteiger partial charge < -0.3 is 9.67 Å². The van der Waals surface area contributed by atoms with Crippen molar-refractivity contribution in [2.45, 2.75) is 18.9 Å². The standard InChI is InChI=1S/C20H10F6IN3O2/c21-19(22,23)13-3-10(4-14(6-13)20(24,25)26)8-30-9-12(5-11(7-28)18(31)32)16-15(27)1-2-29-17(16)30/h1-6,9H,8H2,(H,31,32)/b11-5+. The van der Waals surface area contributed by atoms with Crippen LogP contribution in [-0.4, -0.2) is 20.6 Å². The molecule has 166 valence electrons. The smallest absolute Gasteiger partial charge is 0.416 e. The number of benzene rings is 1. The van der Waals surface area contributed by atoms with Gasteiger partial charge in [-0.2, -0.15) is 31.6 Å². The number of rotatable bonds is 4. The van der Waals surface area contributed by atoms with Gasteiger partial charge in [0.2, 0.25) is 0 Å². The summed E-state index contributed by atoms with van der Waals surface area (Å²) in [6.07, 6.45) is -6.19. The van der Waals surface area contributed by atoms with Crippen molar-refractivity contribution in [3.63, 3.8) is 0 Å². The molecule has 2 heterocycles. The van der Waals surface area contributed by atoms with Crippen molar-refractivity contribution in [3.05, 3.63) is 68.1 Å². The average Bonchev–Trinajstić information content (AvgIpc) is 3.02. The molecule has 2 aromatic heterocycles. The molecule has 0 aliphatic heterocycles. The van der Waals surface area contributed by atoms with E-state index in [-0.39, 0.29) is 22.8 Å². The number of aliphatic carboxylic acids is 1. The summed E-state index contributed by atoms with van der Waals surface area (Å²) in [4.78, 5) is 15.3. The number of aromatic nitrogens is 2. The molecule has 12 heteroatoms. The number of carboxylic acid groups (broad SMARTS) is 1. The van der Waals surface area contributed by atoms with Gasteiger partial charge in [-0.3, -0.25) is 0 Å². The third kappa shape index (κ3) is 4.87. The molecule has 0 saturated heterocycles. The fraction of sp³-hybridized carbons (Fsp3) is 0.150. The van der Waals surface area contributed by atoms with Crippen molar-refractivity contribution in [2.24, 2.45) is 0 Å². The second-order valence-corrected chi connectivity index (χ2v) is 7.76. The normalized spacial score (nSPS) is 12.8. The van der Waals surface area contributed by atoms with E-state index in [0.717, 1.165) is 6.08 Å². The van der Waals surface area contributed by atoms with Crippen molar-refractivity contribution in [3.8, 4) is 6.07 Å². The number of carbonyl (C=O) groups is 1. The van der Waals surface area contributed by atoms with Gasteiger partial charge in [0.25, 0.3) is 0 Å². The van der Waals surface area contributed by atoms with Gasteiger partial charge in [-0.1, -0.05) is 0 Å². The number of halogens is 7. The molecule has 32 heavy (non-hydrogen) atoms. The van der Waals surface area contributed by atoms with Crippen LogP contribution in [0, 0.1) is 14.9 Å². The number of carboxylic acids is 1. The molecule has 0 atom stereocenters.